The number of pyridine rings is 1. The van der Waals surface area contributed by atoms with E-state index in [2.05, 4.69) is 48.2 Å². The number of aromatic amines is 1. The lowest BCUT2D eigenvalue weighted by atomic mass is 10.2. The van der Waals surface area contributed by atoms with Gasteiger partial charge in [-0.1, -0.05) is 18.2 Å². The number of para-hydroxylation sites is 1. The molecule has 0 bridgehead atoms. The Morgan fingerprint density at radius 1 is 1.13 bits per heavy atom. The number of halogens is 1. The minimum atomic E-state index is -0.522. The third-order valence-corrected chi connectivity index (χ3v) is 3.52. The van der Waals surface area contributed by atoms with Crippen LogP contribution in [-0.4, -0.2) is 24.7 Å². The molecule has 23 heavy (non-hydrogen) atoms. The SMILES string of the molecule is Fc1ccc(Nc2n[nH]c(Cn3ccc4ccccc43)n2)cn1. The van der Waals surface area contributed by atoms with Crippen LogP contribution in [0.2, 0.25) is 0 Å². The second-order valence-corrected chi connectivity index (χ2v) is 5.10. The van der Waals surface area contributed by atoms with E-state index in [1.54, 1.807) is 6.07 Å². The summed E-state index contributed by atoms with van der Waals surface area (Å²) < 4.78 is 14.9. The molecule has 0 aliphatic rings. The molecule has 114 valence electrons. The zero-order valence-corrected chi connectivity index (χ0v) is 12.1. The Morgan fingerprint density at radius 2 is 2.04 bits per heavy atom. The van der Waals surface area contributed by atoms with E-state index in [4.69, 9.17) is 0 Å². The van der Waals surface area contributed by atoms with Gasteiger partial charge in [0.2, 0.25) is 11.9 Å². The van der Waals surface area contributed by atoms with Crippen molar-refractivity contribution in [1.82, 2.24) is 24.7 Å². The molecule has 0 aliphatic carbocycles. The monoisotopic (exact) mass is 308 g/mol. The summed E-state index contributed by atoms with van der Waals surface area (Å²) in [5, 5.41) is 11.2. The number of hydrogen-bond acceptors (Lipinski definition) is 4. The van der Waals surface area contributed by atoms with Gasteiger partial charge in [-0.15, -0.1) is 5.10 Å². The van der Waals surface area contributed by atoms with E-state index in [9.17, 15) is 4.39 Å². The number of nitrogens with zero attached hydrogens (tertiary/aromatic N) is 4. The Kier molecular flexibility index (Phi) is 3.23. The van der Waals surface area contributed by atoms with Gasteiger partial charge in [-0.05, 0) is 29.7 Å². The topological polar surface area (TPSA) is 71.4 Å². The molecule has 3 heterocycles. The normalized spacial score (nSPS) is 11.0. The molecule has 4 aromatic rings. The number of fused-ring (bicyclic) bond motifs is 1. The Labute approximate surface area is 131 Å². The van der Waals surface area contributed by atoms with Crippen LogP contribution < -0.4 is 5.32 Å². The number of H-pyrrole nitrogens is 1. The van der Waals surface area contributed by atoms with Crippen LogP contribution in [0, 0.1) is 5.95 Å². The molecule has 4 rings (SSSR count). The molecule has 0 saturated heterocycles. The number of benzene rings is 1. The van der Waals surface area contributed by atoms with E-state index in [0.717, 1.165) is 11.3 Å². The Balaban J connectivity index is 1.52. The third-order valence-electron chi connectivity index (χ3n) is 3.52. The van der Waals surface area contributed by atoms with Crippen molar-refractivity contribution in [3.63, 3.8) is 0 Å². The first kappa shape index (κ1) is 13.4. The minimum absolute atomic E-state index is 0.421. The Hall–Kier alpha value is -3.22. The zero-order valence-electron chi connectivity index (χ0n) is 12.1. The van der Waals surface area contributed by atoms with Crippen molar-refractivity contribution in [2.75, 3.05) is 5.32 Å². The van der Waals surface area contributed by atoms with Gasteiger partial charge in [-0.25, -0.2) is 4.98 Å². The molecule has 0 spiro atoms. The van der Waals surface area contributed by atoms with Crippen LogP contribution in [0.25, 0.3) is 10.9 Å². The summed E-state index contributed by atoms with van der Waals surface area (Å²) in [4.78, 5) is 7.97. The smallest absolute Gasteiger partial charge is 0.246 e. The molecule has 0 radical (unpaired) electrons. The van der Waals surface area contributed by atoms with E-state index in [1.807, 2.05) is 18.3 Å². The first-order chi connectivity index (χ1) is 11.3. The average Bonchev–Trinajstić information content (AvgIpc) is 3.18. The highest BCUT2D eigenvalue weighted by Crippen LogP contribution is 2.17. The highest BCUT2D eigenvalue weighted by atomic mass is 19.1. The van der Waals surface area contributed by atoms with Crippen LogP contribution in [0.5, 0.6) is 0 Å². The van der Waals surface area contributed by atoms with Gasteiger partial charge in [0.05, 0.1) is 18.4 Å². The molecule has 0 fully saturated rings. The van der Waals surface area contributed by atoms with Gasteiger partial charge in [0, 0.05) is 11.7 Å². The fraction of sp³-hybridized carbons (Fsp3) is 0.0625. The average molecular weight is 308 g/mol. The quantitative estimate of drug-likeness (QED) is 0.568. The number of anilines is 2. The molecule has 7 heteroatoms. The molecule has 6 nitrogen and oxygen atoms in total. The number of rotatable bonds is 4. The lowest BCUT2D eigenvalue weighted by molar-refractivity contribution is 0.584. The fourth-order valence-corrected chi connectivity index (χ4v) is 2.44. The summed E-state index contributed by atoms with van der Waals surface area (Å²) in [5.74, 6) is 0.625. The van der Waals surface area contributed by atoms with Crippen molar-refractivity contribution in [1.29, 1.82) is 0 Å². The van der Waals surface area contributed by atoms with Crippen LogP contribution in [0.4, 0.5) is 16.0 Å². The summed E-state index contributed by atoms with van der Waals surface area (Å²) in [5.41, 5.74) is 1.77. The molecule has 3 aromatic heterocycles. The van der Waals surface area contributed by atoms with Gasteiger partial charge in [0.15, 0.2) is 0 Å². The molecule has 0 aliphatic heterocycles. The first-order valence-electron chi connectivity index (χ1n) is 7.12. The van der Waals surface area contributed by atoms with E-state index < -0.39 is 5.95 Å². The van der Waals surface area contributed by atoms with Crippen molar-refractivity contribution in [3.05, 3.63) is 66.6 Å². The maximum absolute atomic E-state index is 12.8. The minimum Gasteiger partial charge on any atom is -0.340 e. The standard InChI is InChI=1S/C16H13FN6/c17-14-6-5-12(9-18-14)19-16-20-15(21-22-16)10-23-8-7-11-3-1-2-4-13(11)23/h1-9H,10H2,(H2,19,20,21,22). The van der Waals surface area contributed by atoms with E-state index >= 15 is 0 Å². The third kappa shape index (κ3) is 2.76. The van der Waals surface area contributed by atoms with Crippen LogP contribution in [0.15, 0.2) is 54.9 Å². The van der Waals surface area contributed by atoms with Gasteiger partial charge in [0.1, 0.15) is 5.82 Å². The maximum atomic E-state index is 12.8. The van der Waals surface area contributed by atoms with Gasteiger partial charge in [-0.2, -0.15) is 9.37 Å². The predicted octanol–water partition coefficient (Wildman–Crippen LogP) is 3.09. The molecular formula is C16H13FN6. The summed E-state index contributed by atoms with van der Waals surface area (Å²) in [6.45, 7) is 0.587. The van der Waals surface area contributed by atoms with Crippen molar-refractivity contribution >= 4 is 22.5 Å². The largest absolute Gasteiger partial charge is 0.340 e. The van der Waals surface area contributed by atoms with Crippen LogP contribution in [-0.2, 0) is 6.54 Å². The van der Waals surface area contributed by atoms with Crippen LogP contribution in [0.1, 0.15) is 5.82 Å². The first-order valence-corrected chi connectivity index (χ1v) is 7.12. The molecule has 2 N–H and O–H groups in total. The van der Waals surface area contributed by atoms with Gasteiger partial charge in [-0.3, -0.25) is 5.10 Å². The molecule has 1 aromatic carbocycles. The highest BCUT2D eigenvalue weighted by Gasteiger charge is 2.06. The predicted molar refractivity (Wildman–Crippen MR) is 84.9 cm³/mol. The molecule has 0 amide bonds. The Bertz CT molecular complexity index is 941. The maximum Gasteiger partial charge on any atom is 0.246 e. The van der Waals surface area contributed by atoms with E-state index in [1.165, 1.54) is 17.6 Å². The van der Waals surface area contributed by atoms with Gasteiger partial charge >= 0.3 is 0 Å². The van der Waals surface area contributed by atoms with Crippen molar-refractivity contribution in [2.24, 2.45) is 0 Å². The summed E-state index contributed by atoms with van der Waals surface area (Å²) >= 11 is 0. The van der Waals surface area contributed by atoms with Gasteiger partial charge in [0.25, 0.3) is 0 Å². The number of nitrogens with one attached hydrogen (secondary N) is 2. The van der Waals surface area contributed by atoms with Crippen LogP contribution >= 0.6 is 0 Å². The van der Waals surface area contributed by atoms with Crippen molar-refractivity contribution in [3.8, 4) is 0 Å². The van der Waals surface area contributed by atoms with Crippen molar-refractivity contribution in [2.45, 2.75) is 6.54 Å². The van der Waals surface area contributed by atoms with E-state index in [-0.39, 0.29) is 0 Å². The molecular weight excluding hydrogens is 295 g/mol. The highest BCUT2D eigenvalue weighted by molar-refractivity contribution is 5.79. The van der Waals surface area contributed by atoms with Crippen LogP contribution in [0.3, 0.4) is 0 Å². The van der Waals surface area contributed by atoms with Crippen molar-refractivity contribution < 1.29 is 4.39 Å². The second-order valence-electron chi connectivity index (χ2n) is 5.10. The summed E-state index contributed by atoms with van der Waals surface area (Å²) in [6.07, 6.45) is 3.41. The summed E-state index contributed by atoms with van der Waals surface area (Å²) in [6, 6.07) is 13.1. The summed E-state index contributed by atoms with van der Waals surface area (Å²) in [7, 11) is 0. The second kappa shape index (κ2) is 5.53. The van der Waals surface area contributed by atoms with E-state index in [0.29, 0.717) is 18.2 Å². The zero-order chi connectivity index (χ0) is 15.6. The fourth-order valence-electron chi connectivity index (χ4n) is 2.44. The number of hydrogen-bond donors (Lipinski definition) is 2. The lowest BCUT2D eigenvalue weighted by Crippen LogP contribution is -2.00. The lowest BCUT2D eigenvalue weighted by Gasteiger charge is -2.02. The Morgan fingerprint density at radius 3 is 2.91 bits per heavy atom. The molecule has 0 atom stereocenters. The van der Waals surface area contributed by atoms with Gasteiger partial charge < -0.3 is 9.88 Å². The molecule has 0 unspecified atom stereocenters. The molecule has 0 saturated carbocycles. The number of aromatic nitrogens is 5.